The molecule has 0 saturated heterocycles. The number of fused-ring (bicyclic) bond motifs is 5. The van der Waals surface area contributed by atoms with Gasteiger partial charge in [0.2, 0.25) is 0 Å². The molecule has 1 aliphatic rings. The highest BCUT2D eigenvalue weighted by atomic mass is 16.3. The smallest absolute Gasteiger partial charge is 0.160 e. The summed E-state index contributed by atoms with van der Waals surface area (Å²) in [5.41, 5.74) is 13.9. The van der Waals surface area contributed by atoms with Crippen LogP contribution in [0.2, 0.25) is 0 Å². The molecule has 0 spiro atoms. The summed E-state index contributed by atoms with van der Waals surface area (Å²) in [5.74, 6) is 0.702. The molecule has 7 aromatic carbocycles. The lowest BCUT2D eigenvalue weighted by atomic mass is 9.90. The van der Waals surface area contributed by atoms with Gasteiger partial charge in [-0.05, 0) is 87.0 Å². The van der Waals surface area contributed by atoms with Crippen molar-refractivity contribution in [2.24, 2.45) is 0 Å². The Morgan fingerprint density at radius 2 is 1.00 bits per heavy atom. The molecule has 52 heavy (non-hydrogen) atoms. The van der Waals surface area contributed by atoms with E-state index in [0.29, 0.717) is 5.82 Å². The molecule has 10 rings (SSSR count). The third kappa shape index (κ3) is 5.31. The Hall–Kier alpha value is -6.84. The zero-order valence-electron chi connectivity index (χ0n) is 28.3. The molecule has 3 nitrogen and oxygen atoms in total. The minimum absolute atomic E-state index is 0.702. The maximum absolute atomic E-state index is 6.08. The first-order chi connectivity index (χ1) is 25.7. The molecule has 3 heteroatoms. The number of hydrogen-bond acceptors (Lipinski definition) is 3. The Morgan fingerprint density at radius 3 is 1.81 bits per heavy atom. The summed E-state index contributed by atoms with van der Waals surface area (Å²) in [5, 5.41) is 4.57. The first-order valence-corrected chi connectivity index (χ1v) is 17.7. The second-order valence-electron chi connectivity index (χ2n) is 13.3. The predicted molar refractivity (Wildman–Crippen MR) is 217 cm³/mol. The van der Waals surface area contributed by atoms with Gasteiger partial charge in [0.15, 0.2) is 5.82 Å². The molecule has 0 saturated carbocycles. The third-order valence-electron chi connectivity index (χ3n) is 10.1. The van der Waals surface area contributed by atoms with E-state index in [2.05, 4.69) is 164 Å². The molecule has 0 amide bonds. The normalized spacial score (nSPS) is 12.4. The van der Waals surface area contributed by atoms with Gasteiger partial charge in [-0.3, -0.25) is 0 Å². The Balaban J connectivity index is 1.09. The van der Waals surface area contributed by atoms with Crippen molar-refractivity contribution in [3.63, 3.8) is 0 Å². The number of hydrogen-bond donors (Lipinski definition) is 0. The van der Waals surface area contributed by atoms with Crippen molar-refractivity contribution in [2.75, 3.05) is 0 Å². The fourth-order valence-corrected chi connectivity index (χ4v) is 7.48. The molecular formula is C49H32N2O. The lowest BCUT2D eigenvalue weighted by Gasteiger charge is -2.16. The van der Waals surface area contributed by atoms with Gasteiger partial charge in [-0.1, -0.05) is 146 Å². The van der Waals surface area contributed by atoms with Crippen LogP contribution >= 0.6 is 0 Å². The first kappa shape index (κ1) is 30.0. The molecule has 2 aromatic heterocycles. The van der Waals surface area contributed by atoms with Crippen molar-refractivity contribution in [3.8, 4) is 56.2 Å². The molecule has 0 atom stereocenters. The van der Waals surface area contributed by atoms with Crippen LogP contribution in [0.3, 0.4) is 0 Å². The monoisotopic (exact) mass is 664 g/mol. The van der Waals surface area contributed by atoms with Crippen LogP contribution in [0.15, 0.2) is 174 Å². The van der Waals surface area contributed by atoms with Gasteiger partial charge >= 0.3 is 0 Å². The third-order valence-corrected chi connectivity index (χ3v) is 10.1. The first-order valence-electron chi connectivity index (χ1n) is 17.7. The fourth-order valence-electron chi connectivity index (χ4n) is 7.48. The number of furan rings is 1. The second kappa shape index (κ2) is 12.5. The van der Waals surface area contributed by atoms with Gasteiger partial charge in [-0.25, -0.2) is 9.97 Å². The SMILES string of the molecule is C1=Cc2c(-c3ccccc3)ccc(-c3cc(-c4ccccc4)nc(-c4ccc5cc(-c6ccc7oc8ccccc8c7c6)ccc5c4)n3)c2C=CC1. The number of para-hydroxylation sites is 1. The zero-order valence-corrected chi connectivity index (χ0v) is 28.3. The number of rotatable bonds is 5. The van der Waals surface area contributed by atoms with E-state index in [9.17, 15) is 0 Å². The standard InChI is InChI=1S/C49H32N2O/c1-4-12-32(13-5-1)39-25-26-42(41-17-9-3-8-16-40(39)41)46-31-45(33-14-6-2-7-15-33)50-49(51-46)38-23-22-34-28-35(20-21-36(34)29-38)37-24-27-48-44(30-37)43-18-10-11-19-47(43)52-48/h1-2,4-31H,3H2. The zero-order chi connectivity index (χ0) is 34.4. The molecule has 1 aliphatic carbocycles. The highest BCUT2D eigenvalue weighted by Crippen LogP contribution is 2.39. The van der Waals surface area contributed by atoms with Crippen molar-refractivity contribution in [1.82, 2.24) is 9.97 Å². The summed E-state index contributed by atoms with van der Waals surface area (Å²) in [6.45, 7) is 0. The summed E-state index contributed by atoms with van der Waals surface area (Å²) in [6, 6.07) is 55.5. The largest absolute Gasteiger partial charge is 0.456 e. The number of aromatic nitrogens is 2. The van der Waals surface area contributed by atoms with Gasteiger partial charge in [-0.2, -0.15) is 0 Å². The number of nitrogens with zero attached hydrogens (tertiary/aromatic N) is 2. The molecule has 0 bridgehead atoms. The van der Waals surface area contributed by atoms with Crippen LogP contribution in [0.25, 0.3) is 101 Å². The van der Waals surface area contributed by atoms with Gasteiger partial charge in [0, 0.05) is 27.5 Å². The van der Waals surface area contributed by atoms with E-state index in [0.717, 1.165) is 72.8 Å². The second-order valence-corrected chi connectivity index (χ2v) is 13.3. The van der Waals surface area contributed by atoms with Crippen LogP contribution in [0.4, 0.5) is 0 Å². The van der Waals surface area contributed by atoms with E-state index >= 15 is 0 Å². The topological polar surface area (TPSA) is 38.9 Å². The maximum atomic E-state index is 6.08. The lowest BCUT2D eigenvalue weighted by Crippen LogP contribution is -1.99. The van der Waals surface area contributed by atoms with E-state index in [4.69, 9.17) is 14.4 Å². The molecule has 9 aromatic rings. The number of allylic oxidation sites excluding steroid dienone is 2. The van der Waals surface area contributed by atoms with Crippen LogP contribution in [0.5, 0.6) is 0 Å². The average Bonchev–Trinajstić information content (AvgIpc) is 3.40. The summed E-state index contributed by atoms with van der Waals surface area (Å²) in [7, 11) is 0. The van der Waals surface area contributed by atoms with Crippen LogP contribution in [-0.4, -0.2) is 9.97 Å². The molecule has 2 heterocycles. The fraction of sp³-hybridized carbons (Fsp3) is 0.0204. The summed E-state index contributed by atoms with van der Waals surface area (Å²) < 4.78 is 6.08. The molecule has 0 N–H and O–H groups in total. The van der Waals surface area contributed by atoms with E-state index in [1.807, 2.05) is 18.2 Å². The summed E-state index contributed by atoms with van der Waals surface area (Å²) >= 11 is 0. The Bertz CT molecular complexity index is 2860. The highest BCUT2D eigenvalue weighted by molar-refractivity contribution is 6.06. The van der Waals surface area contributed by atoms with Gasteiger partial charge in [0.25, 0.3) is 0 Å². The van der Waals surface area contributed by atoms with Gasteiger partial charge in [0.1, 0.15) is 11.2 Å². The molecule has 0 fully saturated rings. The number of benzene rings is 7. The molecule has 0 aliphatic heterocycles. The van der Waals surface area contributed by atoms with Crippen LogP contribution in [0, 0.1) is 0 Å². The summed E-state index contributed by atoms with van der Waals surface area (Å²) in [6.07, 6.45) is 9.86. The van der Waals surface area contributed by atoms with Crippen LogP contribution in [-0.2, 0) is 0 Å². The van der Waals surface area contributed by atoms with Crippen LogP contribution < -0.4 is 0 Å². The van der Waals surface area contributed by atoms with Gasteiger partial charge in [0.05, 0.1) is 11.4 Å². The van der Waals surface area contributed by atoms with Gasteiger partial charge in [-0.15, -0.1) is 0 Å². The Kier molecular flexibility index (Phi) is 7.21. The Morgan fingerprint density at radius 1 is 0.404 bits per heavy atom. The Labute approximate surface area is 301 Å². The van der Waals surface area contributed by atoms with Crippen molar-refractivity contribution >= 4 is 44.9 Å². The lowest BCUT2D eigenvalue weighted by molar-refractivity contribution is 0.669. The molecule has 0 unspecified atom stereocenters. The van der Waals surface area contributed by atoms with E-state index in [1.54, 1.807) is 0 Å². The minimum atomic E-state index is 0.702. The van der Waals surface area contributed by atoms with E-state index in [1.165, 1.54) is 27.8 Å². The van der Waals surface area contributed by atoms with E-state index in [-0.39, 0.29) is 0 Å². The van der Waals surface area contributed by atoms with Gasteiger partial charge < -0.3 is 4.42 Å². The highest BCUT2D eigenvalue weighted by Gasteiger charge is 2.18. The van der Waals surface area contributed by atoms with Crippen molar-refractivity contribution < 1.29 is 4.42 Å². The van der Waals surface area contributed by atoms with Crippen molar-refractivity contribution in [3.05, 3.63) is 181 Å². The van der Waals surface area contributed by atoms with Crippen LogP contribution in [0.1, 0.15) is 17.5 Å². The van der Waals surface area contributed by atoms with Crippen molar-refractivity contribution in [2.45, 2.75) is 6.42 Å². The van der Waals surface area contributed by atoms with E-state index < -0.39 is 0 Å². The minimum Gasteiger partial charge on any atom is -0.456 e. The predicted octanol–water partition coefficient (Wildman–Crippen LogP) is 13.3. The maximum Gasteiger partial charge on any atom is 0.160 e. The van der Waals surface area contributed by atoms with Crippen molar-refractivity contribution in [1.29, 1.82) is 0 Å². The quantitative estimate of drug-likeness (QED) is 0.184. The molecule has 0 radical (unpaired) electrons. The molecular weight excluding hydrogens is 633 g/mol. The molecule has 244 valence electrons. The average molecular weight is 665 g/mol. The summed E-state index contributed by atoms with van der Waals surface area (Å²) in [4.78, 5) is 10.4.